The molecule has 4 aromatic rings. The van der Waals surface area contributed by atoms with Crippen LogP contribution in [-0.2, 0) is 22.6 Å². The Morgan fingerprint density at radius 3 is 2.58 bits per heavy atom. The molecular weight excluding hydrogens is 508 g/mol. The highest BCUT2D eigenvalue weighted by molar-refractivity contribution is 6.07. The minimum Gasteiger partial charge on any atom is -0.464 e. The van der Waals surface area contributed by atoms with Crippen LogP contribution in [0.4, 0.5) is 0 Å². The van der Waals surface area contributed by atoms with Gasteiger partial charge in [-0.2, -0.15) is 0 Å². The predicted octanol–water partition coefficient (Wildman–Crippen LogP) is 5.32. The normalized spacial score (nSPS) is 15.9. The van der Waals surface area contributed by atoms with Crippen molar-refractivity contribution in [2.24, 2.45) is 0 Å². The van der Waals surface area contributed by atoms with Crippen LogP contribution < -0.4 is 9.47 Å². The van der Waals surface area contributed by atoms with Crippen molar-refractivity contribution in [3.05, 3.63) is 95.4 Å². The van der Waals surface area contributed by atoms with Gasteiger partial charge in [0.15, 0.2) is 11.5 Å². The van der Waals surface area contributed by atoms with Crippen molar-refractivity contribution in [2.45, 2.75) is 39.0 Å². The highest BCUT2D eigenvalue weighted by atomic mass is 16.7. The van der Waals surface area contributed by atoms with E-state index in [1.807, 2.05) is 79.7 Å². The van der Waals surface area contributed by atoms with E-state index in [0.717, 1.165) is 34.9 Å². The van der Waals surface area contributed by atoms with Crippen LogP contribution in [0.1, 0.15) is 40.3 Å². The summed E-state index contributed by atoms with van der Waals surface area (Å²) >= 11 is 0. The van der Waals surface area contributed by atoms with E-state index in [2.05, 4.69) is 0 Å². The molecule has 206 valence electrons. The van der Waals surface area contributed by atoms with Crippen molar-refractivity contribution in [2.75, 3.05) is 26.5 Å². The molecule has 2 aliphatic heterocycles. The summed E-state index contributed by atoms with van der Waals surface area (Å²) in [6.45, 7) is 3.60. The van der Waals surface area contributed by atoms with Crippen LogP contribution in [0.3, 0.4) is 0 Å². The summed E-state index contributed by atoms with van der Waals surface area (Å²) in [6, 6.07) is 22.9. The van der Waals surface area contributed by atoms with Crippen LogP contribution >= 0.6 is 0 Å². The maximum atomic E-state index is 14.0. The summed E-state index contributed by atoms with van der Waals surface area (Å²) in [5.41, 5.74) is 1.47. The Labute approximate surface area is 233 Å². The molecule has 40 heavy (non-hydrogen) atoms. The molecule has 0 N–H and O–H groups in total. The van der Waals surface area contributed by atoms with E-state index < -0.39 is 0 Å². The van der Waals surface area contributed by atoms with Crippen LogP contribution in [0.15, 0.2) is 77.2 Å². The van der Waals surface area contributed by atoms with Gasteiger partial charge < -0.3 is 28.4 Å². The zero-order valence-electron chi connectivity index (χ0n) is 22.5. The third-order valence-corrected chi connectivity index (χ3v) is 7.39. The van der Waals surface area contributed by atoms with E-state index in [1.54, 1.807) is 9.80 Å². The molecule has 0 aliphatic carbocycles. The fourth-order valence-electron chi connectivity index (χ4n) is 5.35. The second kappa shape index (κ2) is 11.4. The molecular formula is C32H32N2O6. The minimum absolute atomic E-state index is 0.0772. The van der Waals surface area contributed by atoms with E-state index in [4.69, 9.17) is 18.6 Å². The van der Waals surface area contributed by atoms with E-state index in [1.165, 1.54) is 0 Å². The number of carbonyl (C=O) groups is 2. The molecule has 1 atom stereocenters. The Balaban J connectivity index is 1.28. The van der Waals surface area contributed by atoms with Crippen LogP contribution in [0.5, 0.6) is 11.5 Å². The molecule has 3 heterocycles. The van der Waals surface area contributed by atoms with Crippen molar-refractivity contribution in [1.82, 2.24) is 9.80 Å². The molecule has 8 heteroatoms. The smallest absolute Gasteiger partial charge is 0.255 e. The van der Waals surface area contributed by atoms with Gasteiger partial charge >= 0.3 is 0 Å². The van der Waals surface area contributed by atoms with E-state index in [-0.39, 0.29) is 37.8 Å². The Morgan fingerprint density at radius 1 is 0.900 bits per heavy atom. The van der Waals surface area contributed by atoms with Gasteiger partial charge in [0, 0.05) is 25.3 Å². The van der Waals surface area contributed by atoms with Gasteiger partial charge in [-0.15, -0.1) is 0 Å². The molecule has 1 unspecified atom stereocenters. The van der Waals surface area contributed by atoms with Gasteiger partial charge in [0.25, 0.3) is 5.91 Å². The van der Waals surface area contributed by atoms with Crippen molar-refractivity contribution >= 4 is 22.6 Å². The summed E-state index contributed by atoms with van der Waals surface area (Å²) in [5.74, 6) is 2.43. The summed E-state index contributed by atoms with van der Waals surface area (Å²) in [4.78, 5) is 31.3. The lowest BCUT2D eigenvalue weighted by Crippen LogP contribution is -2.45. The fourth-order valence-corrected chi connectivity index (χ4v) is 5.35. The third-order valence-electron chi connectivity index (χ3n) is 7.39. The number of ether oxygens (including phenoxy) is 3. The molecule has 0 bridgehead atoms. The Hall–Kier alpha value is -4.30. The second-order valence-corrected chi connectivity index (χ2v) is 10.3. The number of fused-ring (bicyclic) bond motifs is 2. The zero-order valence-corrected chi connectivity index (χ0v) is 22.5. The maximum absolute atomic E-state index is 14.0. The third kappa shape index (κ3) is 5.67. The van der Waals surface area contributed by atoms with Gasteiger partial charge in [0.05, 0.1) is 12.6 Å². The first kappa shape index (κ1) is 26.0. The van der Waals surface area contributed by atoms with Gasteiger partial charge in [-0.1, -0.05) is 42.5 Å². The molecule has 0 saturated carbocycles. The zero-order chi connectivity index (χ0) is 27.5. The van der Waals surface area contributed by atoms with Crippen molar-refractivity contribution in [3.8, 4) is 11.5 Å². The van der Waals surface area contributed by atoms with Crippen molar-refractivity contribution in [1.29, 1.82) is 0 Å². The Kier molecular flexibility index (Phi) is 7.42. The van der Waals surface area contributed by atoms with Crippen LogP contribution in [0.2, 0.25) is 0 Å². The van der Waals surface area contributed by atoms with Gasteiger partial charge in [-0.05, 0) is 66.4 Å². The van der Waals surface area contributed by atoms with Gasteiger partial charge in [0.2, 0.25) is 12.7 Å². The lowest BCUT2D eigenvalue weighted by atomic mass is 10.0. The van der Waals surface area contributed by atoms with Crippen molar-refractivity contribution < 1.29 is 28.2 Å². The SMILES string of the molecule is Cc1ccc(CN(Cc2ccc3c(c2)OCO3)C(=O)CN(CC2CCCO2)C(=O)c2cccc3ccccc23)o1. The standard InChI is InChI=1S/C32H32N2O6/c1-22-11-13-26(40-22)19-33(17-23-12-14-29-30(16-23)39-21-38-29)31(35)20-34(18-25-8-5-15-37-25)32(36)28-10-4-7-24-6-2-3-9-27(24)28/h2-4,6-7,9-14,16,25H,5,8,15,17-21H2,1H3. The largest absolute Gasteiger partial charge is 0.464 e. The number of benzene rings is 3. The number of hydrogen-bond donors (Lipinski definition) is 0. The quantitative estimate of drug-likeness (QED) is 0.286. The second-order valence-electron chi connectivity index (χ2n) is 10.3. The Morgan fingerprint density at radius 2 is 1.75 bits per heavy atom. The van der Waals surface area contributed by atoms with E-state index in [9.17, 15) is 9.59 Å². The number of amides is 2. The fraction of sp³-hybridized carbons (Fsp3) is 0.312. The molecule has 6 rings (SSSR count). The lowest BCUT2D eigenvalue weighted by molar-refractivity contribution is -0.133. The average molecular weight is 541 g/mol. The number of carbonyl (C=O) groups excluding carboxylic acids is 2. The molecule has 2 aliphatic rings. The van der Waals surface area contributed by atoms with Gasteiger partial charge in [-0.25, -0.2) is 0 Å². The molecule has 1 saturated heterocycles. The van der Waals surface area contributed by atoms with E-state index in [0.29, 0.717) is 42.5 Å². The van der Waals surface area contributed by atoms with Crippen LogP contribution in [0, 0.1) is 6.92 Å². The minimum atomic E-state index is -0.183. The number of hydrogen-bond acceptors (Lipinski definition) is 6. The topological polar surface area (TPSA) is 81.5 Å². The highest BCUT2D eigenvalue weighted by Gasteiger charge is 2.28. The molecule has 2 amide bonds. The molecule has 8 nitrogen and oxygen atoms in total. The van der Waals surface area contributed by atoms with E-state index >= 15 is 0 Å². The first-order valence-electron chi connectivity index (χ1n) is 13.6. The van der Waals surface area contributed by atoms with Crippen LogP contribution in [0.25, 0.3) is 10.8 Å². The summed E-state index contributed by atoms with van der Waals surface area (Å²) in [6.07, 6.45) is 1.71. The first-order chi connectivity index (χ1) is 19.5. The molecule has 0 spiro atoms. The number of rotatable bonds is 9. The monoisotopic (exact) mass is 540 g/mol. The van der Waals surface area contributed by atoms with Gasteiger partial charge in [0.1, 0.15) is 18.1 Å². The number of furan rings is 1. The summed E-state index contributed by atoms with van der Waals surface area (Å²) in [5, 5.41) is 1.84. The molecule has 1 fully saturated rings. The predicted molar refractivity (Wildman–Crippen MR) is 149 cm³/mol. The molecule has 0 radical (unpaired) electrons. The lowest BCUT2D eigenvalue weighted by Gasteiger charge is -2.29. The molecule has 1 aromatic heterocycles. The highest BCUT2D eigenvalue weighted by Crippen LogP contribution is 2.33. The van der Waals surface area contributed by atoms with Crippen molar-refractivity contribution in [3.63, 3.8) is 0 Å². The number of nitrogens with zero attached hydrogens (tertiary/aromatic N) is 2. The summed E-state index contributed by atoms with van der Waals surface area (Å²) < 4.78 is 22.7. The molecule has 3 aromatic carbocycles. The number of aryl methyl sites for hydroxylation is 1. The van der Waals surface area contributed by atoms with Crippen LogP contribution in [-0.4, -0.2) is 54.2 Å². The average Bonchev–Trinajstić information content (AvgIpc) is 3.74. The summed E-state index contributed by atoms with van der Waals surface area (Å²) in [7, 11) is 0. The Bertz CT molecular complexity index is 1520. The first-order valence-corrected chi connectivity index (χ1v) is 13.6. The maximum Gasteiger partial charge on any atom is 0.255 e. The van der Waals surface area contributed by atoms with Gasteiger partial charge in [-0.3, -0.25) is 9.59 Å².